The number of nitrogens with one attached hydrogen (secondary N) is 1. The van der Waals surface area contributed by atoms with Crippen molar-refractivity contribution in [3.8, 4) is 0 Å². The number of alkyl carbamates (subject to hydrolysis) is 1. The van der Waals surface area contributed by atoms with Gasteiger partial charge in [-0.25, -0.2) is 20.4 Å². The maximum Gasteiger partial charge on any atom is 0.426 e. The van der Waals surface area contributed by atoms with Crippen LogP contribution < -0.4 is 11.2 Å². The molecule has 1 aromatic heterocycles. The number of aromatic nitrogens is 1. The Morgan fingerprint density at radius 3 is 2.16 bits per heavy atom. The number of nitrogens with zero attached hydrogens (tertiary/aromatic N) is 2. The van der Waals surface area contributed by atoms with Crippen molar-refractivity contribution < 1.29 is 39.1 Å². The zero-order chi connectivity index (χ0) is 33.0. The Morgan fingerprint density at radius 1 is 0.956 bits per heavy atom. The maximum absolute atomic E-state index is 13.3. The van der Waals surface area contributed by atoms with Crippen LogP contribution in [0, 0.1) is 0 Å². The first kappa shape index (κ1) is 35.4. The van der Waals surface area contributed by atoms with Crippen LogP contribution in [0.15, 0.2) is 85.2 Å². The van der Waals surface area contributed by atoms with E-state index in [9.17, 15) is 24.9 Å². The Labute approximate surface area is 263 Å². The lowest BCUT2D eigenvalue weighted by Gasteiger charge is -2.33. The van der Waals surface area contributed by atoms with Crippen molar-refractivity contribution in [2.75, 3.05) is 6.61 Å². The fraction of sp³-hybridized carbons (Fsp3) is 0.424. The van der Waals surface area contributed by atoms with Gasteiger partial charge in [-0.2, -0.15) is 0 Å². The lowest BCUT2D eigenvalue weighted by atomic mass is 10.0. The number of carbonyl (C=O) groups excluding carboxylic acids is 2. The Kier molecular flexibility index (Phi) is 13.3. The Hall–Kier alpha value is -4.07. The van der Waals surface area contributed by atoms with Gasteiger partial charge in [-0.05, 0) is 51.3 Å². The van der Waals surface area contributed by atoms with Crippen LogP contribution in [-0.2, 0) is 20.6 Å². The number of amides is 2. The highest BCUT2D eigenvalue weighted by atomic mass is 16.6. The molecule has 0 saturated heterocycles. The molecule has 0 bridgehead atoms. The highest BCUT2D eigenvalue weighted by Crippen LogP contribution is 2.27. The molecule has 0 aliphatic rings. The van der Waals surface area contributed by atoms with Gasteiger partial charge in [0.2, 0.25) is 6.23 Å². The van der Waals surface area contributed by atoms with Crippen molar-refractivity contribution in [3.63, 3.8) is 0 Å². The van der Waals surface area contributed by atoms with Gasteiger partial charge in [0.1, 0.15) is 17.8 Å². The normalized spacial score (nSPS) is 15.6. The molecule has 0 radical (unpaired) electrons. The third-order valence-electron chi connectivity index (χ3n) is 6.80. The average molecular weight is 625 g/mol. The van der Waals surface area contributed by atoms with Crippen LogP contribution in [0.2, 0.25) is 0 Å². The first-order valence-corrected chi connectivity index (χ1v) is 14.7. The molecule has 3 aromatic rings. The van der Waals surface area contributed by atoms with Crippen molar-refractivity contribution in [2.24, 2.45) is 5.84 Å². The van der Waals surface area contributed by atoms with E-state index in [1.165, 1.54) is 13.1 Å². The summed E-state index contributed by atoms with van der Waals surface area (Å²) >= 11 is 0. The van der Waals surface area contributed by atoms with Gasteiger partial charge in [-0.15, -0.1) is 0 Å². The van der Waals surface area contributed by atoms with E-state index in [-0.39, 0.29) is 19.4 Å². The quantitative estimate of drug-likeness (QED) is 0.0768. The molecular formula is C33H44N4O8. The van der Waals surface area contributed by atoms with Gasteiger partial charge < -0.3 is 29.5 Å². The summed E-state index contributed by atoms with van der Waals surface area (Å²) in [5, 5.41) is 35.6. The van der Waals surface area contributed by atoms with Crippen molar-refractivity contribution >= 4 is 12.2 Å². The molecule has 2 amide bonds. The number of hydrogen-bond donors (Lipinski definition) is 5. The summed E-state index contributed by atoms with van der Waals surface area (Å²) in [6.45, 7) is 6.35. The third-order valence-corrected chi connectivity index (χ3v) is 6.80. The van der Waals surface area contributed by atoms with Gasteiger partial charge in [0.25, 0.3) is 0 Å². The third kappa shape index (κ3) is 11.7. The molecule has 45 heavy (non-hydrogen) atoms. The second kappa shape index (κ2) is 16.8. The lowest BCUT2D eigenvalue weighted by molar-refractivity contribution is -0.0761. The lowest BCUT2D eigenvalue weighted by Crippen LogP contribution is -2.55. The number of carbonyl (C=O) groups is 2. The largest absolute Gasteiger partial charge is 0.444 e. The average Bonchev–Trinajstić information content (AvgIpc) is 3.01. The van der Waals surface area contributed by atoms with Gasteiger partial charge in [0.15, 0.2) is 0 Å². The molecule has 6 atom stereocenters. The molecule has 1 heterocycles. The summed E-state index contributed by atoms with van der Waals surface area (Å²) < 4.78 is 16.9. The minimum Gasteiger partial charge on any atom is -0.444 e. The molecule has 0 aliphatic heterocycles. The molecule has 12 nitrogen and oxygen atoms in total. The Morgan fingerprint density at radius 2 is 1.58 bits per heavy atom. The van der Waals surface area contributed by atoms with Gasteiger partial charge in [0, 0.05) is 24.4 Å². The number of benzene rings is 2. The molecule has 0 saturated carbocycles. The van der Waals surface area contributed by atoms with E-state index >= 15 is 0 Å². The molecule has 0 fully saturated rings. The molecule has 0 aliphatic carbocycles. The van der Waals surface area contributed by atoms with E-state index in [0.717, 1.165) is 10.6 Å². The van der Waals surface area contributed by atoms with Crippen molar-refractivity contribution in [1.29, 1.82) is 0 Å². The second-order valence-corrected chi connectivity index (χ2v) is 11.7. The van der Waals surface area contributed by atoms with Crippen LogP contribution in [0.25, 0.3) is 0 Å². The van der Waals surface area contributed by atoms with Crippen LogP contribution in [-0.4, -0.2) is 74.2 Å². The molecule has 6 unspecified atom stereocenters. The summed E-state index contributed by atoms with van der Waals surface area (Å²) in [7, 11) is 0. The van der Waals surface area contributed by atoms with Gasteiger partial charge in [-0.1, -0.05) is 66.7 Å². The van der Waals surface area contributed by atoms with Gasteiger partial charge in [0.05, 0.1) is 24.9 Å². The number of hydrogen-bond acceptors (Lipinski definition) is 10. The first-order valence-electron chi connectivity index (χ1n) is 14.7. The number of rotatable bonds is 14. The predicted molar refractivity (Wildman–Crippen MR) is 166 cm³/mol. The molecule has 3 rings (SSSR count). The topological polar surface area (TPSA) is 177 Å². The first-order chi connectivity index (χ1) is 21.3. The molecular weight excluding hydrogens is 580 g/mol. The zero-order valence-corrected chi connectivity index (χ0v) is 26.0. The van der Waals surface area contributed by atoms with Gasteiger partial charge in [-0.3, -0.25) is 10.3 Å². The van der Waals surface area contributed by atoms with Gasteiger partial charge >= 0.3 is 12.2 Å². The van der Waals surface area contributed by atoms with E-state index in [0.29, 0.717) is 11.1 Å². The monoisotopic (exact) mass is 624 g/mol. The van der Waals surface area contributed by atoms with Crippen molar-refractivity contribution in [2.45, 2.75) is 82.8 Å². The van der Waals surface area contributed by atoms with Crippen LogP contribution in [0.5, 0.6) is 0 Å². The standard InChI is InChI=1S/C33H44N4O8/c1-22(38)26(18-23-12-7-5-8-13-23)37(34)32(42)44-30(36-31(41)45-33(2,3)4)27(39)19-29(24-14-9-6-10-15-24)43-21-28(40)25-16-11-17-35-20-25/h5-17,20,22,26-30,38-40H,18-19,21,34H2,1-4H3,(H,36,41). The maximum atomic E-state index is 13.3. The van der Waals surface area contributed by atoms with Crippen LogP contribution in [0.3, 0.4) is 0 Å². The number of hydrazine groups is 1. The van der Waals surface area contributed by atoms with E-state index < -0.39 is 54.5 Å². The number of pyridine rings is 1. The fourth-order valence-corrected chi connectivity index (χ4v) is 4.48. The number of aliphatic hydroxyl groups is 3. The van der Waals surface area contributed by atoms with Crippen LogP contribution in [0.1, 0.15) is 63.0 Å². The molecule has 12 heteroatoms. The molecule has 2 aromatic carbocycles. The fourth-order valence-electron chi connectivity index (χ4n) is 4.48. The molecule has 6 N–H and O–H groups in total. The predicted octanol–water partition coefficient (Wildman–Crippen LogP) is 3.78. The van der Waals surface area contributed by atoms with Crippen LogP contribution in [0.4, 0.5) is 9.59 Å². The highest BCUT2D eigenvalue weighted by molar-refractivity contribution is 5.70. The summed E-state index contributed by atoms with van der Waals surface area (Å²) in [5.74, 6) is 6.14. The second-order valence-electron chi connectivity index (χ2n) is 11.7. The minimum atomic E-state index is -1.62. The highest BCUT2D eigenvalue weighted by Gasteiger charge is 2.34. The van der Waals surface area contributed by atoms with E-state index in [1.807, 2.05) is 36.4 Å². The summed E-state index contributed by atoms with van der Waals surface area (Å²) in [4.78, 5) is 30.0. The molecule has 244 valence electrons. The summed E-state index contributed by atoms with van der Waals surface area (Å²) in [6, 6.07) is 20.7. The number of nitrogens with two attached hydrogens (primary N) is 1. The van der Waals surface area contributed by atoms with Crippen molar-refractivity contribution in [3.05, 3.63) is 102 Å². The van der Waals surface area contributed by atoms with E-state index in [2.05, 4.69) is 10.3 Å². The Balaban J connectivity index is 1.80. The summed E-state index contributed by atoms with van der Waals surface area (Å²) in [6.07, 6.45) is -4.82. The van der Waals surface area contributed by atoms with Crippen molar-refractivity contribution in [1.82, 2.24) is 15.3 Å². The smallest absolute Gasteiger partial charge is 0.426 e. The van der Waals surface area contributed by atoms with E-state index in [1.54, 1.807) is 63.4 Å². The minimum absolute atomic E-state index is 0.131. The molecule has 0 spiro atoms. The van der Waals surface area contributed by atoms with E-state index in [4.69, 9.17) is 20.1 Å². The number of aliphatic hydroxyl groups excluding tert-OH is 3. The van der Waals surface area contributed by atoms with Crippen LogP contribution >= 0.6 is 0 Å². The zero-order valence-electron chi connectivity index (χ0n) is 26.0. The SMILES string of the molecule is CC(O)C(Cc1ccccc1)N(N)C(=O)OC(NC(=O)OC(C)(C)C)C(O)CC(OCC(O)c1cccnc1)c1ccccc1. The summed E-state index contributed by atoms with van der Waals surface area (Å²) in [5.41, 5.74) is 1.17. The Bertz CT molecular complexity index is 1310. The number of ether oxygens (including phenoxy) is 3.